The van der Waals surface area contributed by atoms with Crippen molar-refractivity contribution in [1.29, 1.82) is 0 Å². The second-order valence-electron chi connectivity index (χ2n) is 7.94. The van der Waals surface area contributed by atoms with E-state index in [1.807, 2.05) is 30.3 Å². The van der Waals surface area contributed by atoms with Crippen LogP contribution in [-0.2, 0) is 22.3 Å². The van der Waals surface area contributed by atoms with Crippen molar-refractivity contribution < 1.29 is 22.8 Å². The van der Waals surface area contributed by atoms with Crippen molar-refractivity contribution in [2.45, 2.75) is 32.5 Å². The third kappa shape index (κ3) is 5.01. The molecule has 0 aliphatic carbocycles. The molecule has 1 fully saturated rings. The molecule has 160 valence electrons. The van der Waals surface area contributed by atoms with E-state index < -0.39 is 23.6 Å². The van der Waals surface area contributed by atoms with Crippen LogP contribution in [0.25, 0.3) is 0 Å². The molecule has 2 amide bonds. The summed E-state index contributed by atoms with van der Waals surface area (Å²) < 4.78 is 39.6. The lowest BCUT2D eigenvalue weighted by molar-refractivity contribution is -0.137. The third-order valence-electron chi connectivity index (χ3n) is 5.41. The molecule has 1 aliphatic heterocycles. The van der Waals surface area contributed by atoms with Gasteiger partial charge in [0.25, 0.3) is 0 Å². The van der Waals surface area contributed by atoms with E-state index in [4.69, 9.17) is 0 Å². The van der Waals surface area contributed by atoms with Crippen molar-refractivity contribution in [2.75, 3.05) is 13.1 Å². The summed E-state index contributed by atoms with van der Waals surface area (Å²) in [6.45, 7) is 4.28. The van der Waals surface area contributed by atoms with Gasteiger partial charge in [0.15, 0.2) is 0 Å². The van der Waals surface area contributed by atoms with Crippen molar-refractivity contribution in [3.63, 3.8) is 0 Å². The molecule has 2 aromatic carbocycles. The predicted octanol–water partition coefficient (Wildman–Crippen LogP) is 4.22. The number of hydrogen-bond donors (Lipinski definition) is 1. The standard InChI is InChI=1S/C23H25F3N2O2/c1-15(2)22(30)28-13-19(17-9-6-10-18(11-17)23(24,25)26)20(14-28)21(29)27-12-16-7-4-3-5-8-16/h3-11,15,19-20H,12-14H2,1-2H3,(H,27,29)/t19-,20+/m0/s1. The van der Waals surface area contributed by atoms with Crippen LogP contribution in [0.15, 0.2) is 54.6 Å². The summed E-state index contributed by atoms with van der Waals surface area (Å²) in [4.78, 5) is 27.0. The van der Waals surface area contributed by atoms with Crippen LogP contribution in [0, 0.1) is 11.8 Å². The minimum Gasteiger partial charge on any atom is -0.352 e. The molecule has 0 aromatic heterocycles. The highest BCUT2D eigenvalue weighted by atomic mass is 19.4. The molecule has 2 aromatic rings. The largest absolute Gasteiger partial charge is 0.416 e. The van der Waals surface area contributed by atoms with E-state index in [-0.39, 0.29) is 30.8 Å². The van der Waals surface area contributed by atoms with E-state index >= 15 is 0 Å². The summed E-state index contributed by atoms with van der Waals surface area (Å²) in [5.74, 6) is -1.73. The number of alkyl halides is 3. The molecule has 1 N–H and O–H groups in total. The monoisotopic (exact) mass is 418 g/mol. The molecule has 1 saturated heterocycles. The number of hydrogen-bond acceptors (Lipinski definition) is 2. The van der Waals surface area contributed by atoms with Gasteiger partial charge in [-0.15, -0.1) is 0 Å². The normalized spacial score (nSPS) is 19.2. The molecular weight excluding hydrogens is 393 g/mol. The lowest BCUT2D eigenvalue weighted by Crippen LogP contribution is -2.36. The smallest absolute Gasteiger partial charge is 0.352 e. The minimum absolute atomic E-state index is 0.106. The number of carbonyl (C=O) groups is 2. The van der Waals surface area contributed by atoms with E-state index in [2.05, 4.69) is 5.32 Å². The van der Waals surface area contributed by atoms with Gasteiger partial charge < -0.3 is 10.2 Å². The van der Waals surface area contributed by atoms with Crippen LogP contribution in [0.4, 0.5) is 13.2 Å². The number of halogens is 3. The van der Waals surface area contributed by atoms with Gasteiger partial charge >= 0.3 is 6.18 Å². The van der Waals surface area contributed by atoms with Gasteiger partial charge in [-0.05, 0) is 17.2 Å². The van der Waals surface area contributed by atoms with E-state index in [0.717, 1.165) is 17.7 Å². The molecule has 4 nitrogen and oxygen atoms in total. The summed E-state index contributed by atoms with van der Waals surface area (Å²) in [5.41, 5.74) is 0.593. The van der Waals surface area contributed by atoms with E-state index in [1.165, 1.54) is 6.07 Å². The van der Waals surface area contributed by atoms with Crippen LogP contribution in [0.3, 0.4) is 0 Å². The lowest BCUT2D eigenvalue weighted by Gasteiger charge is -2.19. The maximum Gasteiger partial charge on any atom is 0.416 e. The van der Waals surface area contributed by atoms with Gasteiger partial charge in [-0.3, -0.25) is 9.59 Å². The first-order valence-electron chi connectivity index (χ1n) is 9.94. The highest BCUT2D eigenvalue weighted by Crippen LogP contribution is 2.37. The summed E-state index contributed by atoms with van der Waals surface area (Å²) in [7, 11) is 0. The maximum absolute atomic E-state index is 13.2. The van der Waals surface area contributed by atoms with Crippen molar-refractivity contribution in [3.05, 3.63) is 71.3 Å². The Hall–Kier alpha value is -2.83. The third-order valence-corrected chi connectivity index (χ3v) is 5.41. The molecule has 2 atom stereocenters. The van der Waals surface area contributed by atoms with Crippen LogP contribution >= 0.6 is 0 Å². The fourth-order valence-corrected chi connectivity index (χ4v) is 3.81. The summed E-state index contributed by atoms with van der Waals surface area (Å²) >= 11 is 0. The molecule has 0 bridgehead atoms. The molecule has 0 unspecified atom stereocenters. The van der Waals surface area contributed by atoms with Crippen LogP contribution in [0.5, 0.6) is 0 Å². The van der Waals surface area contributed by atoms with Crippen molar-refractivity contribution in [2.24, 2.45) is 11.8 Å². The van der Waals surface area contributed by atoms with Crippen molar-refractivity contribution >= 4 is 11.8 Å². The first-order valence-corrected chi connectivity index (χ1v) is 9.94. The van der Waals surface area contributed by atoms with E-state index in [9.17, 15) is 22.8 Å². The number of amides is 2. The van der Waals surface area contributed by atoms with Gasteiger partial charge in [-0.2, -0.15) is 13.2 Å². The first-order chi connectivity index (χ1) is 14.2. The Kier molecular flexibility index (Phi) is 6.48. The van der Waals surface area contributed by atoms with Gasteiger partial charge in [0.2, 0.25) is 11.8 Å². The molecule has 3 rings (SSSR count). The van der Waals surface area contributed by atoms with Crippen LogP contribution < -0.4 is 5.32 Å². The van der Waals surface area contributed by atoms with Crippen LogP contribution in [-0.4, -0.2) is 29.8 Å². The molecule has 1 heterocycles. The second-order valence-corrected chi connectivity index (χ2v) is 7.94. The number of nitrogens with one attached hydrogen (secondary N) is 1. The Morgan fingerprint density at radius 1 is 1.07 bits per heavy atom. The number of nitrogens with zero attached hydrogens (tertiary/aromatic N) is 1. The fourth-order valence-electron chi connectivity index (χ4n) is 3.81. The number of carbonyl (C=O) groups excluding carboxylic acids is 2. The van der Waals surface area contributed by atoms with Gasteiger partial charge in [-0.1, -0.05) is 62.4 Å². The molecule has 0 spiro atoms. The van der Waals surface area contributed by atoms with Gasteiger partial charge in [-0.25, -0.2) is 0 Å². The van der Waals surface area contributed by atoms with Gasteiger partial charge in [0.05, 0.1) is 11.5 Å². The first kappa shape index (κ1) is 21.9. The molecule has 7 heteroatoms. The second kappa shape index (κ2) is 8.90. The fraction of sp³-hybridized carbons (Fsp3) is 0.391. The maximum atomic E-state index is 13.2. The molecular formula is C23H25F3N2O2. The molecule has 30 heavy (non-hydrogen) atoms. The van der Waals surface area contributed by atoms with Crippen LogP contribution in [0.2, 0.25) is 0 Å². The Morgan fingerprint density at radius 2 is 1.77 bits per heavy atom. The Morgan fingerprint density at radius 3 is 2.40 bits per heavy atom. The Bertz CT molecular complexity index is 897. The highest BCUT2D eigenvalue weighted by molar-refractivity contribution is 5.84. The quantitative estimate of drug-likeness (QED) is 0.791. The van der Waals surface area contributed by atoms with Crippen molar-refractivity contribution in [1.82, 2.24) is 10.2 Å². The van der Waals surface area contributed by atoms with Gasteiger partial charge in [0.1, 0.15) is 0 Å². The SMILES string of the molecule is CC(C)C(=O)N1C[C@@H](C(=O)NCc2ccccc2)[C@H](c2cccc(C(F)(F)F)c2)C1. The summed E-state index contributed by atoms with van der Waals surface area (Å²) in [6.07, 6.45) is -4.47. The zero-order chi connectivity index (χ0) is 21.9. The Balaban J connectivity index is 1.84. The Labute approximate surface area is 174 Å². The molecule has 1 aliphatic rings. The minimum atomic E-state index is -4.47. The van der Waals surface area contributed by atoms with Gasteiger partial charge in [0, 0.05) is 31.5 Å². The number of benzene rings is 2. The van der Waals surface area contributed by atoms with E-state index in [1.54, 1.807) is 24.8 Å². The lowest BCUT2D eigenvalue weighted by atomic mass is 9.87. The number of likely N-dealkylation sites (tertiary alicyclic amines) is 1. The van der Waals surface area contributed by atoms with Crippen LogP contribution in [0.1, 0.15) is 36.5 Å². The summed E-state index contributed by atoms with van der Waals surface area (Å²) in [5, 5.41) is 2.88. The average molecular weight is 418 g/mol. The molecule has 0 radical (unpaired) electrons. The number of rotatable bonds is 5. The molecule has 0 saturated carbocycles. The topological polar surface area (TPSA) is 49.4 Å². The van der Waals surface area contributed by atoms with Crippen molar-refractivity contribution in [3.8, 4) is 0 Å². The summed E-state index contributed by atoms with van der Waals surface area (Å²) in [6, 6.07) is 14.4. The zero-order valence-corrected chi connectivity index (χ0v) is 16.9. The van der Waals surface area contributed by atoms with E-state index in [0.29, 0.717) is 12.1 Å². The predicted molar refractivity (Wildman–Crippen MR) is 107 cm³/mol. The zero-order valence-electron chi connectivity index (χ0n) is 16.9. The average Bonchev–Trinajstić information content (AvgIpc) is 3.17. The highest BCUT2D eigenvalue weighted by Gasteiger charge is 2.41.